The zero-order valence-electron chi connectivity index (χ0n) is 7.04. The monoisotopic (exact) mass is 191 g/mol. The van der Waals surface area contributed by atoms with E-state index in [0.717, 1.165) is 19.3 Å². The van der Waals surface area contributed by atoms with Gasteiger partial charge in [-0.2, -0.15) is 0 Å². The molecule has 0 aromatic heterocycles. The minimum Gasteiger partial charge on any atom is -0.480 e. The number of hydrogen-bond acceptors (Lipinski definition) is 2. The summed E-state index contributed by atoms with van der Waals surface area (Å²) in [5, 5.41) is 8.67. The number of rotatable bonds is 2. The topological polar surface area (TPSA) is 63.3 Å². The van der Waals surface area contributed by atoms with Crippen LogP contribution in [-0.2, 0) is 4.79 Å². The first-order chi connectivity index (χ1) is 4.98. The maximum Gasteiger partial charge on any atom is 0.321 e. The molecule has 3 aliphatic rings. The van der Waals surface area contributed by atoms with Crippen molar-refractivity contribution in [1.82, 2.24) is 0 Å². The molecule has 0 amide bonds. The van der Waals surface area contributed by atoms with Crippen LogP contribution in [0.4, 0.5) is 0 Å². The Hall–Kier alpha value is -0.280. The molecular weight excluding hydrogens is 178 g/mol. The zero-order chi connectivity index (χ0) is 8.28. The van der Waals surface area contributed by atoms with Crippen molar-refractivity contribution in [1.29, 1.82) is 0 Å². The molecule has 4 heteroatoms. The molecule has 0 heterocycles. The quantitative estimate of drug-likeness (QED) is 0.685. The van der Waals surface area contributed by atoms with Gasteiger partial charge in [-0.1, -0.05) is 6.92 Å². The second-order valence-corrected chi connectivity index (χ2v) is 4.52. The number of hydrogen-bond donors (Lipinski definition) is 2. The van der Waals surface area contributed by atoms with Crippen molar-refractivity contribution >= 4 is 18.4 Å². The second kappa shape index (κ2) is 2.36. The lowest BCUT2D eigenvalue weighted by molar-refractivity contribution is -0.210. The number of nitrogens with two attached hydrogens (primary N) is 1. The Bertz CT molecular complexity index is 209. The summed E-state index contributed by atoms with van der Waals surface area (Å²) >= 11 is 0. The third-order valence-electron chi connectivity index (χ3n) is 3.26. The molecular formula is C8H14ClNO2. The van der Waals surface area contributed by atoms with Crippen molar-refractivity contribution in [2.45, 2.75) is 32.2 Å². The van der Waals surface area contributed by atoms with Crippen molar-refractivity contribution in [3.63, 3.8) is 0 Å². The molecule has 0 unspecified atom stereocenters. The predicted molar refractivity (Wildman–Crippen MR) is 47.3 cm³/mol. The average Bonchev–Trinajstić information content (AvgIpc) is 1.77. The second-order valence-electron chi connectivity index (χ2n) is 4.52. The summed E-state index contributed by atoms with van der Waals surface area (Å²) in [7, 11) is 0. The minimum absolute atomic E-state index is 0. The zero-order valence-corrected chi connectivity index (χ0v) is 7.86. The molecule has 0 aromatic carbocycles. The average molecular weight is 192 g/mol. The molecule has 12 heavy (non-hydrogen) atoms. The molecule has 0 aromatic rings. The molecule has 3 aliphatic carbocycles. The van der Waals surface area contributed by atoms with Gasteiger partial charge >= 0.3 is 5.97 Å². The summed E-state index contributed by atoms with van der Waals surface area (Å²) in [6.07, 6.45) is 3.06. The Morgan fingerprint density at radius 3 is 2.17 bits per heavy atom. The van der Waals surface area contributed by atoms with E-state index in [4.69, 9.17) is 10.8 Å². The Morgan fingerprint density at radius 2 is 1.92 bits per heavy atom. The highest BCUT2D eigenvalue weighted by molar-refractivity contribution is 5.85. The van der Waals surface area contributed by atoms with E-state index in [0.29, 0.717) is 5.41 Å². The molecule has 3 N–H and O–H groups in total. The van der Waals surface area contributed by atoms with Crippen molar-refractivity contribution in [3.05, 3.63) is 0 Å². The third-order valence-corrected chi connectivity index (χ3v) is 3.26. The van der Waals surface area contributed by atoms with Crippen LogP contribution in [0.25, 0.3) is 0 Å². The molecule has 0 spiro atoms. The number of carbonyl (C=O) groups is 1. The maximum absolute atomic E-state index is 10.5. The van der Waals surface area contributed by atoms with Gasteiger partial charge in [-0.05, 0) is 30.1 Å². The van der Waals surface area contributed by atoms with Gasteiger partial charge in [0.25, 0.3) is 0 Å². The van der Waals surface area contributed by atoms with E-state index in [1.54, 1.807) is 0 Å². The molecule has 0 aliphatic heterocycles. The Balaban J connectivity index is 0.000000720. The Morgan fingerprint density at radius 1 is 1.50 bits per heavy atom. The van der Waals surface area contributed by atoms with Gasteiger partial charge in [-0.25, -0.2) is 0 Å². The Labute approximate surface area is 77.7 Å². The van der Waals surface area contributed by atoms with Crippen LogP contribution in [0.1, 0.15) is 26.2 Å². The lowest BCUT2D eigenvalue weighted by Crippen LogP contribution is -2.69. The van der Waals surface area contributed by atoms with Gasteiger partial charge < -0.3 is 10.8 Å². The molecule has 3 fully saturated rings. The van der Waals surface area contributed by atoms with E-state index >= 15 is 0 Å². The van der Waals surface area contributed by atoms with Crippen LogP contribution >= 0.6 is 12.4 Å². The van der Waals surface area contributed by atoms with Crippen LogP contribution in [0.15, 0.2) is 0 Å². The SMILES string of the molecule is CC12CC([C@H](N)C(=O)O)(C1)C2.Cl. The van der Waals surface area contributed by atoms with Gasteiger partial charge in [0.2, 0.25) is 0 Å². The molecule has 3 rings (SSSR count). The van der Waals surface area contributed by atoms with Crippen molar-refractivity contribution in [2.75, 3.05) is 0 Å². The minimum atomic E-state index is -0.841. The van der Waals surface area contributed by atoms with Crippen LogP contribution < -0.4 is 5.73 Å². The van der Waals surface area contributed by atoms with Crippen LogP contribution in [-0.4, -0.2) is 17.1 Å². The van der Waals surface area contributed by atoms with Gasteiger partial charge in [0, 0.05) is 0 Å². The Kier molecular flexibility index (Phi) is 1.93. The van der Waals surface area contributed by atoms with E-state index in [-0.39, 0.29) is 17.8 Å². The van der Waals surface area contributed by atoms with E-state index in [2.05, 4.69) is 6.92 Å². The van der Waals surface area contributed by atoms with Gasteiger partial charge in [-0.15, -0.1) is 12.4 Å². The van der Waals surface area contributed by atoms with Crippen molar-refractivity contribution < 1.29 is 9.90 Å². The van der Waals surface area contributed by atoms with Crippen LogP contribution in [0.3, 0.4) is 0 Å². The van der Waals surface area contributed by atoms with Crippen LogP contribution in [0.2, 0.25) is 0 Å². The number of carboxylic acid groups (broad SMARTS) is 1. The molecule has 1 atom stereocenters. The summed E-state index contributed by atoms with van der Waals surface area (Å²) in [5.74, 6) is -0.841. The van der Waals surface area contributed by atoms with E-state index in [1.165, 1.54) is 0 Å². The van der Waals surface area contributed by atoms with Gasteiger partial charge in [0.1, 0.15) is 6.04 Å². The van der Waals surface area contributed by atoms with Crippen LogP contribution in [0, 0.1) is 10.8 Å². The van der Waals surface area contributed by atoms with E-state index < -0.39 is 12.0 Å². The predicted octanol–water partition coefficient (Wildman–Crippen LogP) is 1.01. The lowest BCUT2D eigenvalue weighted by atomic mass is 9.34. The summed E-state index contributed by atoms with van der Waals surface area (Å²) in [6.45, 7) is 2.20. The van der Waals surface area contributed by atoms with Gasteiger partial charge in [0.15, 0.2) is 0 Å². The molecule has 3 saturated carbocycles. The fourth-order valence-corrected chi connectivity index (χ4v) is 2.99. The number of halogens is 1. The number of carboxylic acids is 1. The summed E-state index contributed by atoms with van der Waals surface area (Å²) in [4.78, 5) is 10.5. The molecule has 2 bridgehead atoms. The van der Waals surface area contributed by atoms with Gasteiger partial charge in [-0.3, -0.25) is 4.79 Å². The highest BCUT2D eigenvalue weighted by Gasteiger charge is 2.68. The summed E-state index contributed by atoms with van der Waals surface area (Å²) < 4.78 is 0. The fraction of sp³-hybridized carbons (Fsp3) is 0.875. The molecule has 0 saturated heterocycles. The maximum atomic E-state index is 10.5. The fourth-order valence-electron chi connectivity index (χ4n) is 2.99. The standard InChI is InChI=1S/C8H13NO2.ClH/c1-7-2-8(3-7,4-7)5(9)6(10)11;/h5H,2-4,9H2,1H3,(H,10,11);1H/t5-,7?,8?;/m1./s1. The number of aliphatic carboxylic acids is 1. The summed E-state index contributed by atoms with van der Waals surface area (Å²) in [5.41, 5.74) is 5.99. The summed E-state index contributed by atoms with van der Waals surface area (Å²) in [6, 6.07) is -0.621. The van der Waals surface area contributed by atoms with E-state index in [1.807, 2.05) is 0 Å². The smallest absolute Gasteiger partial charge is 0.321 e. The van der Waals surface area contributed by atoms with E-state index in [9.17, 15) is 4.79 Å². The first kappa shape index (κ1) is 9.81. The normalized spacial score (nSPS) is 44.8. The first-order valence-corrected chi connectivity index (χ1v) is 3.96. The largest absolute Gasteiger partial charge is 0.480 e. The lowest BCUT2D eigenvalue weighted by Gasteiger charge is -2.71. The highest BCUT2D eigenvalue weighted by Crippen LogP contribution is 2.74. The highest BCUT2D eigenvalue weighted by atomic mass is 35.5. The molecule has 3 nitrogen and oxygen atoms in total. The third kappa shape index (κ3) is 0.962. The first-order valence-electron chi connectivity index (χ1n) is 3.96. The van der Waals surface area contributed by atoms with Gasteiger partial charge in [0.05, 0.1) is 0 Å². The van der Waals surface area contributed by atoms with Crippen molar-refractivity contribution in [2.24, 2.45) is 16.6 Å². The van der Waals surface area contributed by atoms with Crippen molar-refractivity contribution in [3.8, 4) is 0 Å². The molecule has 0 radical (unpaired) electrons. The molecule has 70 valence electrons. The van der Waals surface area contributed by atoms with Crippen LogP contribution in [0.5, 0.6) is 0 Å².